The SMILES string of the molecule is O=C(O)Cc1ccc(NC(=O)c2c(Cl)cccc2OCc2cccc(Cl)c2)cc1. The van der Waals surface area contributed by atoms with E-state index in [2.05, 4.69) is 5.32 Å². The van der Waals surface area contributed by atoms with Gasteiger partial charge in [0.25, 0.3) is 5.91 Å². The highest BCUT2D eigenvalue weighted by Gasteiger charge is 2.17. The van der Waals surface area contributed by atoms with Crippen molar-refractivity contribution in [2.24, 2.45) is 0 Å². The standard InChI is InChI=1S/C22H17Cl2NO4/c23-16-4-1-3-15(11-16)13-29-19-6-2-5-18(24)21(19)22(28)25-17-9-7-14(8-10-17)12-20(26)27/h1-11H,12-13H2,(H,25,28)(H,26,27). The molecule has 3 rings (SSSR count). The molecule has 0 spiro atoms. The average molecular weight is 430 g/mol. The van der Waals surface area contributed by atoms with E-state index in [1.54, 1.807) is 54.6 Å². The molecule has 0 saturated carbocycles. The number of hydrogen-bond donors (Lipinski definition) is 2. The van der Waals surface area contributed by atoms with Crippen LogP contribution in [0.25, 0.3) is 0 Å². The van der Waals surface area contributed by atoms with Crippen LogP contribution < -0.4 is 10.1 Å². The third-order valence-corrected chi connectivity index (χ3v) is 4.60. The van der Waals surface area contributed by atoms with Gasteiger partial charge in [0.05, 0.1) is 11.4 Å². The van der Waals surface area contributed by atoms with Crippen LogP contribution in [0.5, 0.6) is 5.75 Å². The zero-order chi connectivity index (χ0) is 20.8. The number of nitrogens with one attached hydrogen (secondary N) is 1. The molecular weight excluding hydrogens is 413 g/mol. The van der Waals surface area contributed by atoms with Crippen molar-refractivity contribution in [1.82, 2.24) is 0 Å². The van der Waals surface area contributed by atoms with Gasteiger partial charge in [-0.25, -0.2) is 0 Å². The van der Waals surface area contributed by atoms with Crippen molar-refractivity contribution >= 4 is 40.8 Å². The van der Waals surface area contributed by atoms with Gasteiger partial charge in [-0.05, 0) is 47.5 Å². The topological polar surface area (TPSA) is 75.6 Å². The summed E-state index contributed by atoms with van der Waals surface area (Å²) in [6.07, 6.45) is -0.0831. The highest BCUT2D eigenvalue weighted by Crippen LogP contribution is 2.28. The number of aliphatic carboxylic acids is 1. The summed E-state index contributed by atoms with van der Waals surface area (Å²) >= 11 is 12.2. The molecule has 2 N–H and O–H groups in total. The molecule has 29 heavy (non-hydrogen) atoms. The Morgan fingerprint density at radius 3 is 2.34 bits per heavy atom. The molecule has 0 fully saturated rings. The molecule has 0 saturated heterocycles. The van der Waals surface area contributed by atoms with Crippen LogP contribution in [-0.4, -0.2) is 17.0 Å². The summed E-state index contributed by atoms with van der Waals surface area (Å²) in [6, 6.07) is 18.8. The summed E-state index contributed by atoms with van der Waals surface area (Å²) in [7, 11) is 0. The van der Waals surface area contributed by atoms with Crippen LogP contribution >= 0.6 is 23.2 Å². The highest BCUT2D eigenvalue weighted by molar-refractivity contribution is 6.35. The van der Waals surface area contributed by atoms with E-state index < -0.39 is 11.9 Å². The lowest BCUT2D eigenvalue weighted by atomic mass is 10.1. The van der Waals surface area contributed by atoms with Crippen LogP contribution in [0.3, 0.4) is 0 Å². The Balaban J connectivity index is 1.75. The van der Waals surface area contributed by atoms with E-state index in [9.17, 15) is 9.59 Å². The maximum Gasteiger partial charge on any atom is 0.307 e. The molecule has 0 aliphatic rings. The van der Waals surface area contributed by atoms with Gasteiger partial charge in [-0.2, -0.15) is 0 Å². The lowest BCUT2D eigenvalue weighted by molar-refractivity contribution is -0.136. The van der Waals surface area contributed by atoms with Crippen molar-refractivity contribution < 1.29 is 19.4 Å². The van der Waals surface area contributed by atoms with Crippen molar-refractivity contribution in [3.8, 4) is 5.75 Å². The molecule has 0 unspecified atom stereocenters. The van der Waals surface area contributed by atoms with Gasteiger partial charge in [-0.1, -0.05) is 53.5 Å². The number of amides is 1. The molecule has 0 bridgehead atoms. The summed E-state index contributed by atoms with van der Waals surface area (Å²) in [5.74, 6) is -1.00. The molecule has 0 aromatic heterocycles. The second-order valence-corrected chi connectivity index (χ2v) is 7.10. The van der Waals surface area contributed by atoms with Crippen LogP contribution in [-0.2, 0) is 17.8 Å². The molecular formula is C22H17Cl2NO4. The van der Waals surface area contributed by atoms with Gasteiger partial charge in [0, 0.05) is 10.7 Å². The monoisotopic (exact) mass is 429 g/mol. The number of ether oxygens (including phenoxy) is 1. The van der Waals surface area contributed by atoms with Crippen molar-refractivity contribution in [2.75, 3.05) is 5.32 Å². The summed E-state index contributed by atoms with van der Waals surface area (Å²) in [6.45, 7) is 0.227. The number of carboxylic acids is 1. The Labute approximate surface area is 177 Å². The van der Waals surface area contributed by atoms with Gasteiger partial charge in [0.2, 0.25) is 0 Å². The van der Waals surface area contributed by atoms with E-state index in [4.69, 9.17) is 33.0 Å². The van der Waals surface area contributed by atoms with Crippen molar-refractivity contribution in [2.45, 2.75) is 13.0 Å². The van der Waals surface area contributed by atoms with E-state index >= 15 is 0 Å². The van der Waals surface area contributed by atoms with Crippen molar-refractivity contribution in [3.63, 3.8) is 0 Å². The molecule has 5 nitrogen and oxygen atoms in total. The second kappa shape index (κ2) is 9.45. The molecule has 0 atom stereocenters. The van der Waals surface area contributed by atoms with Crippen LogP contribution in [0.2, 0.25) is 10.0 Å². The van der Waals surface area contributed by atoms with Crippen molar-refractivity contribution in [3.05, 3.63) is 93.5 Å². The number of carbonyl (C=O) groups excluding carboxylic acids is 1. The molecule has 7 heteroatoms. The molecule has 148 valence electrons. The molecule has 0 radical (unpaired) electrons. The number of halogens is 2. The van der Waals surface area contributed by atoms with E-state index in [0.717, 1.165) is 5.56 Å². The normalized spacial score (nSPS) is 10.4. The van der Waals surface area contributed by atoms with Gasteiger partial charge >= 0.3 is 5.97 Å². The lowest BCUT2D eigenvalue weighted by Gasteiger charge is -2.13. The zero-order valence-corrected chi connectivity index (χ0v) is 16.7. The number of carbonyl (C=O) groups is 2. The first-order valence-corrected chi connectivity index (χ1v) is 9.46. The predicted molar refractivity (Wildman–Crippen MR) is 113 cm³/mol. The van der Waals surface area contributed by atoms with Crippen molar-refractivity contribution in [1.29, 1.82) is 0 Å². The van der Waals surface area contributed by atoms with E-state index in [1.807, 2.05) is 12.1 Å². The maximum atomic E-state index is 12.8. The van der Waals surface area contributed by atoms with Gasteiger partial charge in [0.1, 0.15) is 17.9 Å². The molecule has 3 aromatic carbocycles. The van der Waals surface area contributed by atoms with Crippen LogP contribution in [0.15, 0.2) is 66.7 Å². The van der Waals surface area contributed by atoms with Gasteiger partial charge in [0.15, 0.2) is 0 Å². The maximum absolute atomic E-state index is 12.8. The number of anilines is 1. The number of carboxylic acid groups (broad SMARTS) is 1. The number of hydrogen-bond acceptors (Lipinski definition) is 3. The first-order chi connectivity index (χ1) is 13.9. The molecule has 3 aromatic rings. The summed E-state index contributed by atoms with van der Waals surface area (Å²) in [5.41, 5.74) is 2.23. The van der Waals surface area contributed by atoms with E-state index in [-0.39, 0.29) is 23.6 Å². The Morgan fingerprint density at radius 1 is 0.931 bits per heavy atom. The van der Waals surface area contributed by atoms with Gasteiger partial charge < -0.3 is 15.2 Å². The third-order valence-electron chi connectivity index (χ3n) is 4.05. The van der Waals surface area contributed by atoms with Crippen LogP contribution in [0.1, 0.15) is 21.5 Å². The molecule has 0 aliphatic carbocycles. The van der Waals surface area contributed by atoms with E-state index in [1.165, 1.54) is 0 Å². The lowest BCUT2D eigenvalue weighted by Crippen LogP contribution is -2.14. The fourth-order valence-corrected chi connectivity index (χ4v) is 3.17. The fourth-order valence-electron chi connectivity index (χ4n) is 2.71. The fraction of sp³-hybridized carbons (Fsp3) is 0.0909. The Kier molecular flexibility index (Phi) is 6.75. The minimum Gasteiger partial charge on any atom is -0.488 e. The summed E-state index contributed by atoms with van der Waals surface area (Å²) in [4.78, 5) is 23.6. The molecule has 0 aliphatic heterocycles. The molecule has 1 amide bonds. The highest BCUT2D eigenvalue weighted by atomic mass is 35.5. The largest absolute Gasteiger partial charge is 0.488 e. The third kappa shape index (κ3) is 5.73. The number of rotatable bonds is 7. The quantitative estimate of drug-likeness (QED) is 0.523. The smallest absolute Gasteiger partial charge is 0.307 e. The molecule has 0 heterocycles. The average Bonchev–Trinajstić information content (AvgIpc) is 2.67. The minimum absolute atomic E-state index is 0.0831. The first-order valence-electron chi connectivity index (χ1n) is 8.70. The second-order valence-electron chi connectivity index (χ2n) is 6.25. The Morgan fingerprint density at radius 2 is 1.66 bits per heavy atom. The predicted octanol–water partition coefficient (Wildman–Crippen LogP) is 5.45. The number of benzene rings is 3. The summed E-state index contributed by atoms with van der Waals surface area (Å²) < 4.78 is 5.81. The van der Waals surface area contributed by atoms with Crippen LogP contribution in [0, 0.1) is 0 Å². The minimum atomic E-state index is -0.917. The Hall–Kier alpha value is -3.02. The van der Waals surface area contributed by atoms with Crippen LogP contribution in [0.4, 0.5) is 5.69 Å². The zero-order valence-electron chi connectivity index (χ0n) is 15.2. The first kappa shape index (κ1) is 20.7. The summed E-state index contributed by atoms with van der Waals surface area (Å²) in [5, 5.41) is 12.4. The van der Waals surface area contributed by atoms with E-state index in [0.29, 0.717) is 22.0 Å². The Bertz CT molecular complexity index is 1040. The van der Waals surface area contributed by atoms with Gasteiger partial charge in [-0.3, -0.25) is 9.59 Å². The van der Waals surface area contributed by atoms with Gasteiger partial charge in [-0.15, -0.1) is 0 Å².